The Kier molecular flexibility index (Phi) is 3.05. The number of nitrogens with one attached hydrogen (secondary N) is 1. The fraction of sp³-hybridized carbons (Fsp3) is 0.556. The van der Waals surface area contributed by atoms with E-state index in [1.807, 2.05) is 0 Å². The maximum absolute atomic E-state index is 12.0. The molecule has 0 bridgehead atoms. The highest BCUT2D eigenvalue weighted by atomic mass is 79.9. The fourth-order valence-corrected chi connectivity index (χ4v) is 1.64. The molecule has 0 amide bonds. The van der Waals surface area contributed by atoms with Crippen LogP contribution < -0.4 is 5.32 Å². The van der Waals surface area contributed by atoms with Crippen LogP contribution in [0.2, 0.25) is 0 Å². The Hall–Kier alpha value is -0.850. The van der Waals surface area contributed by atoms with E-state index in [4.69, 9.17) is 0 Å². The molecule has 0 spiro atoms. The molecule has 2 rings (SSSR count). The van der Waals surface area contributed by atoms with Crippen molar-refractivity contribution in [2.45, 2.75) is 24.9 Å². The second-order valence-corrected chi connectivity index (χ2v) is 4.49. The molecule has 0 atom stereocenters. The van der Waals surface area contributed by atoms with Gasteiger partial charge < -0.3 is 5.32 Å². The van der Waals surface area contributed by atoms with Crippen LogP contribution in [0.15, 0.2) is 10.7 Å². The van der Waals surface area contributed by atoms with Crippen LogP contribution in [0.4, 0.5) is 19.0 Å². The first-order valence-corrected chi connectivity index (χ1v) is 5.58. The van der Waals surface area contributed by atoms with E-state index in [0.717, 1.165) is 12.8 Å². The van der Waals surface area contributed by atoms with Gasteiger partial charge in [-0.3, -0.25) is 0 Å². The van der Waals surface area contributed by atoms with Crippen molar-refractivity contribution in [3.63, 3.8) is 0 Å². The van der Waals surface area contributed by atoms with Crippen LogP contribution in [0.25, 0.3) is 0 Å². The zero-order valence-corrected chi connectivity index (χ0v) is 9.77. The number of rotatable bonds is 3. The number of nitrogens with zero attached hydrogens (tertiary/aromatic N) is 2. The average molecular weight is 296 g/mol. The molecule has 7 heteroatoms. The highest BCUT2D eigenvalue weighted by molar-refractivity contribution is 9.10. The molecular formula is C9H9BrF3N3. The van der Waals surface area contributed by atoms with Gasteiger partial charge in [0.2, 0.25) is 0 Å². The number of anilines is 1. The summed E-state index contributed by atoms with van der Waals surface area (Å²) in [4.78, 5) is 8.17. The zero-order valence-electron chi connectivity index (χ0n) is 8.18. The molecule has 0 radical (unpaired) electrons. The van der Waals surface area contributed by atoms with Crippen LogP contribution in [0, 0.1) is 0 Å². The average Bonchev–Trinajstić information content (AvgIpc) is 2.95. The quantitative estimate of drug-likeness (QED) is 0.871. The van der Waals surface area contributed by atoms with E-state index in [0.29, 0.717) is 16.3 Å². The maximum Gasteiger partial charge on any atom is 0.405 e. The van der Waals surface area contributed by atoms with Crippen molar-refractivity contribution < 1.29 is 13.2 Å². The van der Waals surface area contributed by atoms with Gasteiger partial charge in [0.05, 0.1) is 0 Å². The van der Waals surface area contributed by atoms with Gasteiger partial charge in [-0.25, -0.2) is 9.97 Å². The van der Waals surface area contributed by atoms with E-state index in [2.05, 4.69) is 31.2 Å². The molecule has 3 nitrogen and oxygen atoms in total. The van der Waals surface area contributed by atoms with E-state index in [9.17, 15) is 13.2 Å². The number of halogens is 4. The summed E-state index contributed by atoms with van der Waals surface area (Å²) < 4.78 is 36.5. The largest absolute Gasteiger partial charge is 0.405 e. The first kappa shape index (κ1) is 11.6. The molecule has 1 aliphatic carbocycles. The molecule has 1 fully saturated rings. The van der Waals surface area contributed by atoms with E-state index in [1.165, 1.54) is 6.07 Å². The Morgan fingerprint density at radius 2 is 2.06 bits per heavy atom. The van der Waals surface area contributed by atoms with Gasteiger partial charge in [-0.1, -0.05) is 0 Å². The lowest BCUT2D eigenvalue weighted by Gasteiger charge is -2.09. The molecule has 1 aromatic rings. The summed E-state index contributed by atoms with van der Waals surface area (Å²) in [7, 11) is 0. The van der Waals surface area contributed by atoms with Crippen LogP contribution in [0.1, 0.15) is 24.6 Å². The van der Waals surface area contributed by atoms with Gasteiger partial charge in [0.25, 0.3) is 0 Å². The zero-order chi connectivity index (χ0) is 11.8. The molecule has 0 saturated heterocycles. The number of aromatic nitrogens is 2. The lowest BCUT2D eigenvalue weighted by molar-refractivity contribution is -0.115. The molecule has 1 N–H and O–H groups in total. The standard InChI is InChI=1S/C9H9BrF3N3/c10-6-3-7(14-4-9(11,12)13)16-8(15-6)5-1-2-5/h3,5H,1-2,4H2,(H,14,15,16). The van der Waals surface area contributed by atoms with Crippen LogP contribution in [0.3, 0.4) is 0 Å². The van der Waals surface area contributed by atoms with Crippen molar-refractivity contribution in [3.05, 3.63) is 16.5 Å². The fourth-order valence-electron chi connectivity index (χ4n) is 1.24. The van der Waals surface area contributed by atoms with Gasteiger partial charge in [-0.15, -0.1) is 0 Å². The lowest BCUT2D eigenvalue weighted by atomic mass is 10.4. The SMILES string of the molecule is FC(F)(F)CNc1cc(Br)nc(C2CC2)n1. The van der Waals surface area contributed by atoms with Crippen LogP contribution in [0.5, 0.6) is 0 Å². The molecule has 0 aromatic carbocycles. The summed E-state index contributed by atoms with van der Waals surface area (Å²) in [6, 6.07) is 1.44. The molecule has 0 aliphatic heterocycles. The van der Waals surface area contributed by atoms with Gasteiger partial charge in [-0.2, -0.15) is 13.2 Å². The Labute approximate surface area is 98.6 Å². The predicted molar refractivity (Wildman–Crippen MR) is 56.3 cm³/mol. The number of hydrogen-bond acceptors (Lipinski definition) is 3. The number of alkyl halides is 3. The summed E-state index contributed by atoms with van der Waals surface area (Å²) in [6.07, 6.45) is -2.22. The van der Waals surface area contributed by atoms with Crippen molar-refractivity contribution in [1.29, 1.82) is 0 Å². The van der Waals surface area contributed by atoms with Gasteiger partial charge in [-0.05, 0) is 28.8 Å². The van der Waals surface area contributed by atoms with Gasteiger partial charge in [0.1, 0.15) is 22.8 Å². The highest BCUT2D eigenvalue weighted by Gasteiger charge is 2.29. The van der Waals surface area contributed by atoms with E-state index >= 15 is 0 Å². The Morgan fingerprint density at radius 3 is 2.62 bits per heavy atom. The Balaban J connectivity index is 2.08. The Morgan fingerprint density at radius 1 is 1.38 bits per heavy atom. The van der Waals surface area contributed by atoms with Crippen LogP contribution >= 0.6 is 15.9 Å². The summed E-state index contributed by atoms with van der Waals surface area (Å²) >= 11 is 3.16. The third kappa shape index (κ3) is 3.33. The molecule has 1 heterocycles. The second-order valence-electron chi connectivity index (χ2n) is 3.68. The maximum atomic E-state index is 12.0. The van der Waals surface area contributed by atoms with Gasteiger partial charge in [0.15, 0.2) is 0 Å². The van der Waals surface area contributed by atoms with E-state index < -0.39 is 12.7 Å². The third-order valence-electron chi connectivity index (χ3n) is 2.12. The van der Waals surface area contributed by atoms with Crippen molar-refractivity contribution >= 4 is 21.7 Å². The first-order chi connectivity index (χ1) is 7.44. The first-order valence-electron chi connectivity index (χ1n) is 4.79. The predicted octanol–water partition coefficient (Wildman–Crippen LogP) is 3.09. The summed E-state index contributed by atoms with van der Waals surface area (Å²) in [5, 5.41) is 2.24. The smallest absolute Gasteiger partial charge is 0.361 e. The second kappa shape index (κ2) is 4.20. The van der Waals surface area contributed by atoms with Crippen molar-refractivity contribution in [2.24, 2.45) is 0 Å². The van der Waals surface area contributed by atoms with Gasteiger partial charge >= 0.3 is 6.18 Å². The van der Waals surface area contributed by atoms with Crippen LogP contribution in [-0.2, 0) is 0 Å². The van der Waals surface area contributed by atoms with Crippen LogP contribution in [-0.4, -0.2) is 22.7 Å². The Bertz CT molecular complexity index is 390. The molecule has 88 valence electrons. The van der Waals surface area contributed by atoms with E-state index in [1.54, 1.807) is 0 Å². The normalized spacial score (nSPS) is 16.2. The minimum Gasteiger partial charge on any atom is -0.361 e. The van der Waals surface area contributed by atoms with E-state index in [-0.39, 0.29) is 5.82 Å². The number of hydrogen-bond donors (Lipinski definition) is 1. The lowest BCUT2D eigenvalue weighted by Crippen LogP contribution is -2.22. The highest BCUT2D eigenvalue weighted by Crippen LogP contribution is 2.38. The summed E-state index contributed by atoms with van der Waals surface area (Å²) in [5.74, 6) is 1.13. The third-order valence-corrected chi connectivity index (χ3v) is 2.53. The molecule has 1 saturated carbocycles. The monoisotopic (exact) mass is 295 g/mol. The minimum absolute atomic E-state index is 0.209. The molecule has 16 heavy (non-hydrogen) atoms. The molecule has 0 unspecified atom stereocenters. The molecule has 1 aliphatic rings. The molecular weight excluding hydrogens is 287 g/mol. The minimum atomic E-state index is -4.24. The van der Waals surface area contributed by atoms with Crippen molar-refractivity contribution in [3.8, 4) is 0 Å². The van der Waals surface area contributed by atoms with Crippen molar-refractivity contribution in [2.75, 3.05) is 11.9 Å². The van der Waals surface area contributed by atoms with Gasteiger partial charge in [0, 0.05) is 12.0 Å². The summed E-state index contributed by atoms with van der Waals surface area (Å²) in [6.45, 7) is -1.08. The molecule has 1 aromatic heterocycles. The topological polar surface area (TPSA) is 37.8 Å². The van der Waals surface area contributed by atoms with Crippen molar-refractivity contribution in [1.82, 2.24) is 9.97 Å². The summed E-state index contributed by atoms with van der Waals surface area (Å²) in [5.41, 5.74) is 0.